The zero-order valence-electron chi connectivity index (χ0n) is 16.0. The summed E-state index contributed by atoms with van der Waals surface area (Å²) in [4.78, 5) is 9.05. The van der Waals surface area contributed by atoms with Crippen LogP contribution in [0.3, 0.4) is 0 Å². The van der Waals surface area contributed by atoms with Crippen molar-refractivity contribution >= 4 is 28.7 Å². The minimum Gasteiger partial charge on any atom is -0.473 e. The van der Waals surface area contributed by atoms with Gasteiger partial charge in [-0.15, -0.1) is 0 Å². The third-order valence-electron chi connectivity index (χ3n) is 4.96. The SMILES string of the molecule is C=C(N[C@H]1C[C@H]1F)c1cnn2c(NC)cc(Nc3cccnc3OC3CC3)nc12. The number of fused-ring (bicyclic) bond motifs is 1. The summed E-state index contributed by atoms with van der Waals surface area (Å²) in [5.74, 6) is 1.92. The van der Waals surface area contributed by atoms with E-state index in [-0.39, 0.29) is 12.1 Å². The van der Waals surface area contributed by atoms with Gasteiger partial charge in [-0.3, -0.25) is 0 Å². The molecule has 5 rings (SSSR count). The second-order valence-corrected chi connectivity index (χ2v) is 7.35. The largest absolute Gasteiger partial charge is 0.473 e. The lowest BCUT2D eigenvalue weighted by molar-refractivity contribution is 0.293. The van der Waals surface area contributed by atoms with Gasteiger partial charge in [0.1, 0.15) is 29.6 Å². The highest BCUT2D eigenvalue weighted by Crippen LogP contribution is 2.33. The lowest BCUT2D eigenvalue weighted by atomic mass is 10.2. The number of rotatable bonds is 8. The highest BCUT2D eigenvalue weighted by atomic mass is 19.1. The van der Waals surface area contributed by atoms with Crippen molar-refractivity contribution in [2.75, 3.05) is 17.7 Å². The predicted octanol–water partition coefficient (Wildman–Crippen LogP) is 3.12. The van der Waals surface area contributed by atoms with Gasteiger partial charge in [0.05, 0.1) is 17.8 Å². The van der Waals surface area contributed by atoms with Gasteiger partial charge in [-0.25, -0.2) is 14.4 Å². The Balaban J connectivity index is 1.48. The molecule has 9 heteroatoms. The van der Waals surface area contributed by atoms with Crippen LogP contribution < -0.4 is 20.7 Å². The number of hydrogen-bond donors (Lipinski definition) is 3. The number of nitrogens with one attached hydrogen (secondary N) is 3. The second kappa shape index (κ2) is 6.91. The number of aromatic nitrogens is 4. The molecule has 29 heavy (non-hydrogen) atoms. The monoisotopic (exact) mass is 395 g/mol. The Morgan fingerprint density at radius 3 is 2.93 bits per heavy atom. The van der Waals surface area contributed by atoms with Crippen LogP contribution in [0.4, 0.5) is 21.7 Å². The minimum atomic E-state index is -0.817. The highest BCUT2D eigenvalue weighted by Gasteiger charge is 2.38. The van der Waals surface area contributed by atoms with E-state index in [0.717, 1.165) is 29.9 Å². The number of pyridine rings is 1. The van der Waals surface area contributed by atoms with E-state index in [4.69, 9.17) is 9.72 Å². The number of halogens is 1. The predicted molar refractivity (Wildman–Crippen MR) is 109 cm³/mol. The molecule has 150 valence electrons. The van der Waals surface area contributed by atoms with Crippen molar-refractivity contribution in [1.82, 2.24) is 24.9 Å². The Kier molecular flexibility index (Phi) is 4.22. The molecule has 0 spiro atoms. The van der Waals surface area contributed by atoms with Gasteiger partial charge in [-0.1, -0.05) is 6.58 Å². The van der Waals surface area contributed by atoms with Gasteiger partial charge in [-0.2, -0.15) is 9.61 Å². The topological polar surface area (TPSA) is 88.4 Å². The van der Waals surface area contributed by atoms with E-state index in [2.05, 4.69) is 32.6 Å². The van der Waals surface area contributed by atoms with Gasteiger partial charge in [0, 0.05) is 31.4 Å². The average molecular weight is 395 g/mol. The number of anilines is 3. The van der Waals surface area contributed by atoms with E-state index < -0.39 is 6.17 Å². The van der Waals surface area contributed by atoms with E-state index in [1.54, 1.807) is 16.9 Å². The standard InChI is InChI=1S/C20H22FN7O/c1-11(25-16-8-14(16)21)13-10-24-28-18(22-2)9-17(27-19(13)28)26-15-4-3-7-23-20(15)29-12-5-6-12/h3-4,7,9-10,12,14,16,22,25H,1,5-6,8H2,2H3,(H,26,27)/t14-,16+/m1/s1. The van der Waals surface area contributed by atoms with Crippen LogP contribution >= 0.6 is 0 Å². The first-order valence-electron chi connectivity index (χ1n) is 9.67. The molecule has 2 saturated carbocycles. The lowest BCUT2D eigenvalue weighted by Crippen LogP contribution is -2.16. The molecule has 8 nitrogen and oxygen atoms in total. The summed E-state index contributed by atoms with van der Waals surface area (Å²) >= 11 is 0. The minimum absolute atomic E-state index is 0.181. The van der Waals surface area contributed by atoms with Crippen molar-refractivity contribution in [3.63, 3.8) is 0 Å². The molecule has 0 aliphatic heterocycles. The highest BCUT2D eigenvalue weighted by molar-refractivity contribution is 5.77. The first-order chi connectivity index (χ1) is 14.1. The molecule has 2 fully saturated rings. The summed E-state index contributed by atoms with van der Waals surface area (Å²) < 4.78 is 20.9. The van der Waals surface area contributed by atoms with Gasteiger partial charge in [0.15, 0.2) is 5.65 Å². The van der Waals surface area contributed by atoms with Crippen LogP contribution in [0.2, 0.25) is 0 Å². The molecule has 0 amide bonds. The van der Waals surface area contributed by atoms with Crippen LogP contribution in [0.1, 0.15) is 24.8 Å². The zero-order chi connectivity index (χ0) is 20.0. The normalized spacial score (nSPS) is 20.3. The van der Waals surface area contributed by atoms with Gasteiger partial charge in [-0.05, 0) is 25.0 Å². The summed E-state index contributed by atoms with van der Waals surface area (Å²) in [6.45, 7) is 4.04. The Bertz CT molecular complexity index is 1080. The van der Waals surface area contributed by atoms with Crippen LogP contribution in [0, 0.1) is 0 Å². The van der Waals surface area contributed by atoms with E-state index >= 15 is 0 Å². The maximum absolute atomic E-state index is 13.3. The summed E-state index contributed by atoms with van der Waals surface area (Å²) in [5.41, 5.74) is 2.69. The maximum atomic E-state index is 13.3. The number of nitrogens with zero attached hydrogens (tertiary/aromatic N) is 4. The van der Waals surface area contributed by atoms with Crippen molar-refractivity contribution in [3.8, 4) is 5.88 Å². The molecule has 2 aliphatic rings. The first kappa shape index (κ1) is 17.7. The molecule has 0 radical (unpaired) electrons. The smallest absolute Gasteiger partial charge is 0.238 e. The molecule has 0 bridgehead atoms. The van der Waals surface area contributed by atoms with E-state index in [1.807, 2.05) is 25.2 Å². The van der Waals surface area contributed by atoms with E-state index in [9.17, 15) is 4.39 Å². The number of ether oxygens (including phenoxy) is 1. The molecule has 3 aromatic rings. The Labute approximate surface area is 167 Å². The summed E-state index contributed by atoms with van der Waals surface area (Å²) in [6.07, 6.45) is 5.43. The molecule has 0 saturated heterocycles. The average Bonchev–Trinajstić information content (AvgIpc) is 3.62. The van der Waals surface area contributed by atoms with Crippen LogP contribution in [0.5, 0.6) is 5.88 Å². The van der Waals surface area contributed by atoms with Crippen molar-refractivity contribution in [3.05, 3.63) is 42.7 Å². The molecule has 0 aromatic carbocycles. The van der Waals surface area contributed by atoms with Crippen molar-refractivity contribution in [2.45, 2.75) is 37.6 Å². The fourth-order valence-corrected chi connectivity index (χ4v) is 3.09. The molecule has 2 atom stereocenters. The molecule has 2 aliphatic carbocycles. The Morgan fingerprint density at radius 1 is 1.38 bits per heavy atom. The molecule has 0 unspecified atom stereocenters. The van der Waals surface area contributed by atoms with Crippen LogP contribution in [-0.4, -0.2) is 44.9 Å². The lowest BCUT2D eigenvalue weighted by Gasteiger charge is -2.13. The first-order valence-corrected chi connectivity index (χ1v) is 9.67. The van der Waals surface area contributed by atoms with Gasteiger partial charge in [0.2, 0.25) is 5.88 Å². The fourth-order valence-electron chi connectivity index (χ4n) is 3.09. The quantitative estimate of drug-likeness (QED) is 0.540. The van der Waals surface area contributed by atoms with Crippen LogP contribution in [0.15, 0.2) is 37.2 Å². The Hall–Kier alpha value is -3.36. The third-order valence-corrected chi connectivity index (χ3v) is 4.96. The van der Waals surface area contributed by atoms with E-state index in [0.29, 0.717) is 29.5 Å². The molecular formula is C20H22FN7O. The molecule has 3 N–H and O–H groups in total. The summed E-state index contributed by atoms with van der Waals surface area (Å²) in [6, 6.07) is 5.42. The third kappa shape index (κ3) is 3.55. The van der Waals surface area contributed by atoms with Gasteiger partial charge in [0.25, 0.3) is 0 Å². The van der Waals surface area contributed by atoms with Crippen LogP contribution in [0.25, 0.3) is 11.3 Å². The second-order valence-electron chi connectivity index (χ2n) is 7.35. The van der Waals surface area contributed by atoms with Crippen molar-refractivity contribution in [1.29, 1.82) is 0 Å². The maximum Gasteiger partial charge on any atom is 0.238 e. The van der Waals surface area contributed by atoms with Crippen LogP contribution in [-0.2, 0) is 0 Å². The molecular weight excluding hydrogens is 373 g/mol. The van der Waals surface area contributed by atoms with Gasteiger partial charge < -0.3 is 20.7 Å². The molecule has 3 heterocycles. The summed E-state index contributed by atoms with van der Waals surface area (Å²) in [5, 5.41) is 13.9. The number of alkyl halides is 1. The van der Waals surface area contributed by atoms with Gasteiger partial charge >= 0.3 is 0 Å². The number of hydrogen-bond acceptors (Lipinski definition) is 7. The fraction of sp³-hybridized carbons (Fsp3) is 0.350. The summed E-state index contributed by atoms with van der Waals surface area (Å²) in [7, 11) is 1.82. The zero-order valence-corrected chi connectivity index (χ0v) is 16.0. The van der Waals surface area contributed by atoms with Crippen molar-refractivity contribution in [2.24, 2.45) is 0 Å². The molecule has 3 aromatic heterocycles. The van der Waals surface area contributed by atoms with E-state index in [1.165, 1.54) is 0 Å². The van der Waals surface area contributed by atoms with Crippen molar-refractivity contribution < 1.29 is 9.13 Å². The Morgan fingerprint density at radius 2 is 2.21 bits per heavy atom.